The maximum atomic E-state index is 2.52. The van der Waals surface area contributed by atoms with Crippen LogP contribution in [0.3, 0.4) is 0 Å². The minimum atomic E-state index is 0.310. The summed E-state index contributed by atoms with van der Waals surface area (Å²) < 4.78 is 2.52. The van der Waals surface area contributed by atoms with Crippen molar-refractivity contribution in [3.05, 3.63) is 250 Å². The highest BCUT2D eigenvalue weighted by molar-refractivity contribution is 5.97. The lowest BCUT2D eigenvalue weighted by atomic mass is 9.69. The van der Waals surface area contributed by atoms with E-state index in [1.165, 1.54) is 116 Å². The number of anilines is 1. The molecule has 0 spiro atoms. The highest BCUT2D eigenvalue weighted by Crippen LogP contribution is 2.50. The van der Waals surface area contributed by atoms with Crippen molar-refractivity contribution in [1.82, 2.24) is 4.57 Å². The number of fused-ring (bicyclic) bond motifs is 11. The molecule has 0 fully saturated rings. The van der Waals surface area contributed by atoms with Gasteiger partial charge in [-0.05, 0) is 177 Å². The van der Waals surface area contributed by atoms with Crippen LogP contribution in [0.5, 0.6) is 0 Å². The highest BCUT2D eigenvalue weighted by atomic mass is 15.1. The summed E-state index contributed by atoms with van der Waals surface area (Å²) in [5.74, 6) is 0.310. The van der Waals surface area contributed by atoms with Gasteiger partial charge in [-0.1, -0.05) is 146 Å². The van der Waals surface area contributed by atoms with Crippen molar-refractivity contribution in [3.8, 4) is 27.9 Å². The number of hydrogen-bond acceptors (Lipinski definition) is 1. The highest BCUT2D eigenvalue weighted by Gasteiger charge is 2.33. The van der Waals surface area contributed by atoms with Gasteiger partial charge in [0.05, 0.1) is 5.52 Å². The van der Waals surface area contributed by atoms with Gasteiger partial charge in [0.2, 0.25) is 0 Å². The van der Waals surface area contributed by atoms with E-state index in [0.717, 1.165) is 51.4 Å². The average molecular weight is 835 g/mol. The number of rotatable bonds is 5. The first-order valence-corrected chi connectivity index (χ1v) is 23.7. The third-order valence-electron chi connectivity index (χ3n) is 14.8. The summed E-state index contributed by atoms with van der Waals surface area (Å²) in [6, 6.07) is 50.9. The van der Waals surface area contributed by atoms with E-state index in [0.29, 0.717) is 5.92 Å². The second-order valence-electron chi connectivity index (χ2n) is 18.4. The Bertz CT molecular complexity index is 3480. The summed E-state index contributed by atoms with van der Waals surface area (Å²) in [5, 5.41) is 4.08. The molecule has 0 N–H and O–H groups in total. The molecule has 0 bridgehead atoms. The Balaban J connectivity index is 0.866. The zero-order valence-corrected chi connectivity index (χ0v) is 36.7. The Morgan fingerprint density at radius 2 is 1.37 bits per heavy atom. The van der Waals surface area contributed by atoms with Gasteiger partial charge in [-0.3, -0.25) is 0 Å². The third kappa shape index (κ3) is 6.38. The molecule has 7 aromatic rings. The number of benzene rings is 6. The first-order valence-electron chi connectivity index (χ1n) is 23.7. The summed E-state index contributed by atoms with van der Waals surface area (Å²) in [7, 11) is 0. The van der Waals surface area contributed by atoms with Gasteiger partial charge in [-0.25, -0.2) is 0 Å². The number of allylic oxidation sites excluding steroid dienone is 12. The van der Waals surface area contributed by atoms with E-state index in [1.807, 2.05) is 0 Å². The zero-order valence-electron chi connectivity index (χ0n) is 36.7. The number of aromatic nitrogens is 1. The molecule has 13 rings (SSSR count). The SMILES string of the molecule is C1=CCCC(c2ccc(-n3c4c(c5cc(-c6ccc7c(c6)C/C=C\C=C/N7C6=CC(C7=c8ccccc8=C8c9ccccc9-c9ccccc9C8C7)=CCC6)ccc53)C=CCC4)cc2)=C1. The van der Waals surface area contributed by atoms with Crippen LogP contribution in [-0.4, -0.2) is 4.57 Å². The van der Waals surface area contributed by atoms with Crippen LogP contribution in [-0.2, 0) is 12.8 Å². The van der Waals surface area contributed by atoms with Crippen LogP contribution in [0.4, 0.5) is 5.69 Å². The molecule has 0 saturated carbocycles. The maximum Gasteiger partial charge on any atom is 0.0538 e. The molecule has 1 unspecified atom stereocenters. The van der Waals surface area contributed by atoms with Crippen molar-refractivity contribution >= 4 is 39.4 Å². The predicted octanol–water partition coefficient (Wildman–Crippen LogP) is 14.2. The zero-order chi connectivity index (χ0) is 42.8. The quantitative estimate of drug-likeness (QED) is 0.168. The van der Waals surface area contributed by atoms with E-state index in [9.17, 15) is 0 Å². The van der Waals surface area contributed by atoms with E-state index in [2.05, 4.69) is 210 Å². The van der Waals surface area contributed by atoms with E-state index < -0.39 is 0 Å². The molecule has 1 aliphatic heterocycles. The Hall–Kier alpha value is -7.42. The van der Waals surface area contributed by atoms with Crippen molar-refractivity contribution < 1.29 is 0 Å². The van der Waals surface area contributed by atoms with Crippen molar-refractivity contribution in [1.29, 1.82) is 0 Å². The van der Waals surface area contributed by atoms with Gasteiger partial charge in [0.1, 0.15) is 0 Å². The van der Waals surface area contributed by atoms with E-state index in [1.54, 1.807) is 0 Å². The summed E-state index contributed by atoms with van der Waals surface area (Å²) in [6.45, 7) is 0. The molecule has 1 atom stereocenters. The Morgan fingerprint density at radius 1 is 0.585 bits per heavy atom. The summed E-state index contributed by atoms with van der Waals surface area (Å²) in [5.41, 5.74) is 24.4. The van der Waals surface area contributed by atoms with Crippen molar-refractivity contribution in [3.63, 3.8) is 0 Å². The van der Waals surface area contributed by atoms with Crippen LogP contribution in [0.2, 0.25) is 0 Å². The van der Waals surface area contributed by atoms with Crippen molar-refractivity contribution in [2.75, 3.05) is 4.90 Å². The molecular formula is C63H50N2. The lowest BCUT2D eigenvalue weighted by Crippen LogP contribution is -2.37. The Morgan fingerprint density at radius 3 is 2.26 bits per heavy atom. The minimum absolute atomic E-state index is 0.310. The van der Waals surface area contributed by atoms with Gasteiger partial charge in [0, 0.05) is 45.8 Å². The fourth-order valence-electron chi connectivity index (χ4n) is 11.8. The standard InChI is InChI=1S/C63H50N2/c1-3-16-42(17-4-1)43-29-33-48(34-30-43)65-61-28-13-12-25-54(61)58-40-45(32-36-62(58)65)44-31-35-60-47(38-44)18-5-2-14-37-64(60)49-20-15-19-46(39-49)57-41-59-52-23-7-6-21-50(52)51-22-8-10-26-55(51)63(59)56-27-11-9-24-53(56)57/h1-3,5-12,14,16,19,21-27,29-40,59H,4,13,15,17-18,20,28,41H2/b5-2-,37-14-. The third-order valence-corrected chi connectivity index (χ3v) is 14.8. The summed E-state index contributed by atoms with van der Waals surface area (Å²) in [6.07, 6.45) is 33.7. The average Bonchev–Trinajstić information content (AvgIpc) is 3.70. The van der Waals surface area contributed by atoms with Crippen LogP contribution in [0.15, 0.2) is 206 Å². The van der Waals surface area contributed by atoms with Crippen LogP contribution in [0.25, 0.3) is 61.6 Å². The topological polar surface area (TPSA) is 8.17 Å². The smallest absolute Gasteiger partial charge is 0.0538 e. The van der Waals surface area contributed by atoms with Gasteiger partial charge in [-0.15, -0.1) is 0 Å². The van der Waals surface area contributed by atoms with Crippen LogP contribution >= 0.6 is 0 Å². The van der Waals surface area contributed by atoms with Crippen LogP contribution in [0.1, 0.15) is 78.0 Å². The lowest BCUT2D eigenvalue weighted by Gasteiger charge is -2.35. The molecule has 2 heteroatoms. The molecule has 0 radical (unpaired) electrons. The molecule has 5 aliphatic carbocycles. The van der Waals surface area contributed by atoms with Crippen LogP contribution in [0, 0.1) is 0 Å². The fourth-order valence-corrected chi connectivity index (χ4v) is 11.8. The first kappa shape index (κ1) is 38.1. The number of nitrogens with zero attached hydrogens (tertiary/aromatic N) is 2. The Kier molecular flexibility index (Phi) is 9.18. The molecule has 2 nitrogen and oxygen atoms in total. The largest absolute Gasteiger partial charge is 0.321 e. The molecule has 0 saturated heterocycles. The van der Waals surface area contributed by atoms with Gasteiger partial charge in [0.25, 0.3) is 0 Å². The summed E-state index contributed by atoms with van der Waals surface area (Å²) >= 11 is 0. The van der Waals surface area contributed by atoms with Crippen LogP contribution < -0.4 is 15.3 Å². The molecule has 312 valence electrons. The monoisotopic (exact) mass is 834 g/mol. The van der Waals surface area contributed by atoms with E-state index >= 15 is 0 Å². The molecule has 0 amide bonds. The molecule has 2 heterocycles. The Labute approximate surface area is 381 Å². The minimum Gasteiger partial charge on any atom is -0.321 e. The normalized spacial score (nSPS) is 19.0. The van der Waals surface area contributed by atoms with Gasteiger partial charge in [-0.2, -0.15) is 0 Å². The molecular weight excluding hydrogens is 785 g/mol. The summed E-state index contributed by atoms with van der Waals surface area (Å²) in [4.78, 5) is 2.48. The number of hydrogen-bond donors (Lipinski definition) is 0. The molecule has 6 aliphatic rings. The van der Waals surface area contributed by atoms with E-state index in [4.69, 9.17) is 0 Å². The fraction of sp³-hybridized carbons (Fsp3) is 0.143. The maximum absolute atomic E-state index is 2.52. The molecule has 6 aromatic carbocycles. The van der Waals surface area contributed by atoms with Crippen molar-refractivity contribution in [2.45, 2.75) is 57.3 Å². The second-order valence-corrected chi connectivity index (χ2v) is 18.4. The van der Waals surface area contributed by atoms with Gasteiger partial charge >= 0.3 is 0 Å². The lowest BCUT2D eigenvalue weighted by molar-refractivity contribution is 0.856. The second kappa shape index (κ2) is 15.7. The van der Waals surface area contributed by atoms with Crippen molar-refractivity contribution in [2.24, 2.45) is 0 Å². The van der Waals surface area contributed by atoms with Gasteiger partial charge in [0.15, 0.2) is 0 Å². The molecule has 1 aromatic heterocycles. The molecule has 65 heavy (non-hydrogen) atoms. The first-order chi connectivity index (χ1) is 32.2. The van der Waals surface area contributed by atoms with E-state index in [-0.39, 0.29) is 0 Å². The van der Waals surface area contributed by atoms with Gasteiger partial charge < -0.3 is 9.47 Å². The predicted molar refractivity (Wildman–Crippen MR) is 273 cm³/mol.